The van der Waals surface area contributed by atoms with E-state index in [0.29, 0.717) is 12.5 Å². The van der Waals surface area contributed by atoms with Gasteiger partial charge in [0.1, 0.15) is 0 Å². The standard InChI is InChI=1S/C7H14O/c1-6-3-2-4-7(6)5-8/h6-8H,2-5H2,1H3/t6-,7?/m1/s1. The van der Waals surface area contributed by atoms with Crippen molar-refractivity contribution < 1.29 is 5.11 Å². The van der Waals surface area contributed by atoms with Gasteiger partial charge in [-0.3, -0.25) is 0 Å². The predicted molar refractivity (Wildman–Crippen MR) is 33.6 cm³/mol. The fraction of sp³-hybridized carbons (Fsp3) is 1.00. The second-order valence-corrected chi connectivity index (χ2v) is 2.85. The zero-order chi connectivity index (χ0) is 5.98. The van der Waals surface area contributed by atoms with Crippen molar-refractivity contribution >= 4 is 0 Å². The van der Waals surface area contributed by atoms with Crippen LogP contribution in [0.25, 0.3) is 0 Å². The van der Waals surface area contributed by atoms with Crippen LogP contribution in [0.2, 0.25) is 0 Å². The van der Waals surface area contributed by atoms with Crippen LogP contribution in [0.5, 0.6) is 0 Å². The molecule has 0 radical (unpaired) electrons. The molecule has 0 aliphatic heterocycles. The Labute approximate surface area is 50.7 Å². The summed E-state index contributed by atoms with van der Waals surface area (Å²) in [4.78, 5) is 0. The molecule has 1 aliphatic rings. The maximum atomic E-state index is 8.74. The number of aliphatic hydroxyl groups excluding tert-OH is 1. The van der Waals surface area contributed by atoms with Crippen LogP contribution >= 0.6 is 0 Å². The molecule has 1 heteroatoms. The maximum Gasteiger partial charge on any atom is 0.0461 e. The highest BCUT2D eigenvalue weighted by Gasteiger charge is 2.21. The first-order valence-corrected chi connectivity index (χ1v) is 3.45. The molecule has 2 atom stereocenters. The Kier molecular flexibility index (Phi) is 1.90. The molecule has 0 aromatic heterocycles. The second kappa shape index (κ2) is 2.49. The SMILES string of the molecule is C[C@@H]1CCCC1CO. The molecule has 1 fully saturated rings. The Morgan fingerprint density at radius 1 is 1.50 bits per heavy atom. The van der Waals surface area contributed by atoms with Gasteiger partial charge in [0.05, 0.1) is 0 Å². The van der Waals surface area contributed by atoms with Crippen molar-refractivity contribution in [1.29, 1.82) is 0 Å². The van der Waals surface area contributed by atoms with Gasteiger partial charge in [0.25, 0.3) is 0 Å². The van der Waals surface area contributed by atoms with Gasteiger partial charge in [-0.15, -0.1) is 0 Å². The van der Waals surface area contributed by atoms with Gasteiger partial charge < -0.3 is 5.11 Å². The van der Waals surface area contributed by atoms with E-state index in [0.717, 1.165) is 5.92 Å². The van der Waals surface area contributed by atoms with Crippen LogP contribution in [0.3, 0.4) is 0 Å². The Morgan fingerprint density at radius 2 is 2.25 bits per heavy atom. The highest BCUT2D eigenvalue weighted by Crippen LogP contribution is 2.30. The highest BCUT2D eigenvalue weighted by molar-refractivity contribution is 4.72. The lowest BCUT2D eigenvalue weighted by molar-refractivity contribution is 0.201. The van der Waals surface area contributed by atoms with E-state index in [2.05, 4.69) is 6.92 Å². The van der Waals surface area contributed by atoms with Crippen LogP contribution in [0.4, 0.5) is 0 Å². The topological polar surface area (TPSA) is 20.2 Å². The summed E-state index contributed by atoms with van der Waals surface area (Å²) in [7, 11) is 0. The van der Waals surface area contributed by atoms with Crippen molar-refractivity contribution in [1.82, 2.24) is 0 Å². The quantitative estimate of drug-likeness (QED) is 0.546. The minimum atomic E-state index is 0.404. The van der Waals surface area contributed by atoms with Crippen molar-refractivity contribution in [3.8, 4) is 0 Å². The third kappa shape index (κ3) is 1.03. The molecular formula is C7H14O. The molecular weight excluding hydrogens is 100 g/mol. The normalized spacial score (nSPS) is 38.2. The van der Waals surface area contributed by atoms with Crippen molar-refractivity contribution in [2.75, 3.05) is 6.61 Å². The van der Waals surface area contributed by atoms with Crippen LogP contribution in [0, 0.1) is 11.8 Å². The van der Waals surface area contributed by atoms with E-state index in [1.807, 2.05) is 0 Å². The molecule has 0 amide bonds. The monoisotopic (exact) mass is 114 g/mol. The van der Waals surface area contributed by atoms with Gasteiger partial charge in [0.15, 0.2) is 0 Å². The summed E-state index contributed by atoms with van der Waals surface area (Å²) in [6.07, 6.45) is 3.90. The summed E-state index contributed by atoms with van der Waals surface area (Å²) in [5, 5.41) is 8.74. The molecule has 0 spiro atoms. The molecule has 48 valence electrons. The average molecular weight is 114 g/mol. The number of rotatable bonds is 1. The summed E-state index contributed by atoms with van der Waals surface area (Å²) in [6.45, 7) is 2.63. The van der Waals surface area contributed by atoms with Crippen LogP contribution in [0.15, 0.2) is 0 Å². The number of hydrogen-bond donors (Lipinski definition) is 1. The maximum absolute atomic E-state index is 8.74. The summed E-state index contributed by atoms with van der Waals surface area (Å²) < 4.78 is 0. The van der Waals surface area contributed by atoms with Gasteiger partial charge in [0, 0.05) is 6.61 Å². The van der Waals surface area contributed by atoms with Gasteiger partial charge >= 0.3 is 0 Å². The summed E-state index contributed by atoms with van der Waals surface area (Å²) in [6, 6.07) is 0. The third-order valence-electron chi connectivity index (χ3n) is 2.27. The largest absolute Gasteiger partial charge is 0.396 e. The second-order valence-electron chi connectivity index (χ2n) is 2.85. The highest BCUT2D eigenvalue weighted by atomic mass is 16.3. The van der Waals surface area contributed by atoms with E-state index in [4.69, 9.17) is 5.11 Å². The fourth-order valence-corrected chi connectivity index (χ4v) is 1.49. The molecule has 1 N–H and O–H groups in total. The molecule has 0 aromatic carbocycles. The van der Waals surface area contributed by atoms with Gasteiger partial charge in [-0.05, 0) is 18.3 Å². The lowest BCUT2D eigenvalue weighted by Crippen LogP contribution is -2.07. The van der Waals surface area contributed by atoms with Crippen molar-refractivity contribution in [3.05, 3.63) is 0 Å². The summed E-state index contributed by atoms with van der Waals surface area (Å²) >= 11 is 0. The van der Waals surface area contributed by atoms with Crippen molar-refractivity contribution in [2.24, 2.45) is 11.8 Å². The minimum Gasteiger partial charge on any atom is -0.396 e. The Morgan fingerprint density at radius 3 is 2.50 bits per heavy atom. The van der Waals surface area contributed by atoms with Crippen LogP contribution < -0.4 is 0 Å². The predicted octanol–water partition coefficient (Wildman–Crippen LogP) is 1.41. The Bertz CT molecular complexity index is 70.8. The fourth-order valence-electron chi connectivity index (χ4n) is 1.49. The average Bonchev–Trinajstić information content (AvgIpc) is 2.14. The van der Waals surface area contributed by atoms with Crippen molar-refractivity contribution in [2.45, 2.75) is 26.2 Å². The van der Waals surface area contributed by atoms with Gasteiger partial charge in [0.2, 0.25) is 0 Å². The summed E-state index contributed by atoms with van der Waals surface area (Å²) in [5.74, 6) is 1.40. The van der Waals surface area contributed by atoms with E-state index in [9.17, 15) is 0 Å². The van der Waals surface area contributed by atoms with E-state index in [-0.39, 0.29) is 0 Å². The molecule has 1 unspecified atom stereocenters. The van der Waals surface area contributed by atoms with Crippen molar-refractivity contribution in [3.63, 3.8) is 0 Å². The number of aliphatic hydroxyl groups is 1. The van der Waals surface area contributed by atoms with Gasteiger partial charge in [-0.25, -0.2) is 0 Å². The molecule has 1 saturated carbocycles. The van der Waals surface area contributed by atoms with E-state index >= 15 is 0 Å². The minimum absolute atomic E-state index is 0.404. The van der Waals surface area contributed by atoms with Gasteiger partial charge in [-0.2, -0.15) is 0 Å². The Balaban J connectivity index is 2.30. The third-order valence-corrected chi connectivity index (χ3v) is 2.27. The molecule has 1 aliphatic carbocycles. The lowest BCUT2D eigenvalue weighted by atomic mass is 10.00. The molecule has 1 nitrogen and oxygen atoms in total. The van der Waals surface area contributed by atoms with Crippen LogP contribution in [-0.4, -0.2) is 11.7 Å². The number of hydrogen-bond acceptors (Lipinski definition) is 1. The smallest absolute Gasteiger partial charge is 0.0461 e. The first-order chi connectivity index (χ1) is 3.84. The molecule has 0 bridgehead atoms. The van der Waals surface area contributed by atoms with Gasteiger partial charge in [-0.1, -0.05) is 19.8 Å². The molecule has 8 heavy (non-hydrogen) atoms. The molecule has 0 saturated heterocycles. The lowest BCUT2D eigenvalue weighted by Gasteiger charge is -2.09. The zero-order valence-electron chi connectivity index (χ0n) is 5.43. The van der Waals surface area contributed by atoms with Crippen LogP contribution in [-0.2, 0) is 0 Å². The molecule has 0 heterocycles. The van der Waals surface area contributed by atoms with Crippen LogP contribution in [0.1, 0.15) is 26.2 Å². The first kappa shape index (κ1) is 6.09. The van der Waals surface area contributed by atoms with E-state index in [1.54, 1.807) is 0 Å². The first-order valence-electron chi connectivity index (χ1n) is 3.45. The molecule has 1 rings (SSSR count). The summed E-state index contributed by atoms with van der Waals surface area (Å²) in [5.41, 5.74) is 0. The Hall–Kier alpha value is -0.0400. The zero-order valence-corrected chi connectivity index (χ0v) is 5.43. The van der Waals surface area contributed by atoms with E-state index < -0.39 is 0 Å². The molecule has 0 aromatic rings. The van der Waals surface area contributed by atoms with E-state index in [1.165, 1.54) is 19.3 Å².